The van der Waals surface area contributed by atoms with Gasteiger partial charge in [-0.25, -0.2) is 19.4 Å². The molecule has 0 bridgehead atoms. The summed E-state index contributed by atoms with van der Waals surface area (Å²) in [6.07, 6.45) is 13.5. The third-order valence-corrected chi connectivity index (χ3v) is 5.29. The van der Waals surface area contributed by atoms with E-state index >= 15 is 0 Å². The Labute approximate surface area is 169 Å². The van der Waals surface area contributed by atoms with E-state index in [1.54, 1.807) is 17.2 Å². The second kappa shape index (κ2) is 8.46. The Morgan fingerprint density at radius 2 is 2.03 bits per heavy atom. The second-order valence-corrected chi connectivity index (χ2v) is 7.56. The standard InChI is InChI=1S/C19H27N9O/c1-14(17-20-9-11-26(17)2)22-19(29)23-18-21-13-27(25-18)12-15-8-10-28(24-15)16-6-4-3-5-7-16/h8-11,13-14,16H,3-7,12H2,1-2H3,(H2,22,23,25,29). The monoisotopic (exact) mass is 397 g/mol. The Morgan fingerprint density at radius 1 is 1.21 bits per heavy atom. The number of carbonyl (C=O) groups is 1. The lowest BCUT2D eigenvalue weighted by molar-refractivity contribution is 0.248. The van der Waals surface area contributed by atoms with Gasteiger partial charge in [0.05, 0.1) is 24.3 Å². The summed E-state index contributed by atoms with van der Waals surface area (Å²) in [5, 5.41) is 14.5. The van der Waals surface area contributed by atoms with Crippen LogP contribution in [0.4, 0.5) is 10.7 Å². The van der Waals surface area contributed by atoms with Gasteiger partial charge in [0.25, 0.3) is 0 Å². The summed E-state index contributed by atoms with van der Waals surface area (Å²) in [5.74, 6) is 1.02. The molecule has 0 saturated heterocycles. The molecule has 0 spiro atoms. The van der Waals surface area contributed by atoms with Crippen molar-refractivity contribution in [3.63, 3.8) is 0 Å². The maximum Gasteiger partial charge on any atom is 0.322 e. The lowest BCUT2D eigenvalue weighted by atomic mass is 9.96. The van der Waals surface area contributed by atoms with Gasteiger partial charge in [-0.1, -0.05) is 19.3 Å². The smallest absolute Gasteiger partial charge is 0.322 e. The molecule has 1 unspecified atom stereocenters. The SMILES string of the molecule is CC(NC(=O)Nc1ncn(Cc2ccn(C3CCCCC3)n2)n1)c1nccn1C. The van der Waals surface area contributed by atoms with Crippen LogP contribution in [0.1, 0.15) is 62.6 Å². The molecule has 1 saturated carbocycles. The molecular weight excluding hydrogens is 370 g/mol. The highest BCUT2D eigenvalue weighted by atomic mass is 16.2. The van der Waals surface area contributed by atoms with Crippen LogP contribution in [-0.4, -0.2) is 40.1 Å². The zero-order valence-corrected chi connectivity index (χ0v) is 16.8. The van der Waals surface area contributed by atoms with Crippen LogP contribution in [-0.2, 0) is 13.6 Å². The molecule has 10 nitrogen and oxygen atoms in total. The largest absolute Gasteiger partial charge is 0.336 e. The number of amides is 2. The van der Waals surface area contributed by atoms with Crippen molar-refractivity contribution in [3.05, 3.63) is 42.5 Å². The number of imidazole rings is 1. The minimum absolute atomic E-state index is 0.235. The molecule has 3 aromatic rings. The molecule has 3 aromatic heterocycles. The van der Waals surface area contributed by atoms with E-state index in [0.717, 1.165) is 11.5 Å². The fourth-order valence-electron chi connectivity index (χ4n) is 3.80. The van der Waals surface area contributed by atoms with Crippen molar-refractivity contribution in [2.75, 3.05) is 5.32 Å². The van der Waals surface area contributed by atoms with Gasteiger partial charge in [0.2, 0.25) is 5.95 Å². The Hall–Kier alpha value is -3.17. The number of nitrogens with zero attached hydrogens (tertiary/aromatic N) is 7. The summed E-state index contributed by atoms with van der Waals surface area (Å²) in [6.45, 7) is 2.39. The first kappa shape index (κ1) is 19.2. The lowest BCUT2D eigenvalue weighted by Gasteiger charge is -2.21. The van der Waals surface area contributed by atoms with Crippen molar-refractivity contribution in [3.8, 4) is 0 Å². The molecule has 0 aromatic carbocycles. The molecule has 29 heavy (non-hydrogen) atoms. The average Bonchev–Trinajstić information content (AvgIpc) is 3.44. The zero-order chi connectivity index (χ0) is 20.2. The van der Waals surface area contributed by atoms with Crippen molar-refractivity contribution < 1.29 is 4.79 Å². The van der Waals surface area contributed by atoms with E-state index in [-0.39, 0.29) is 18.0 Å². The summed E-state index contributed by atoms with van der Waals surface area (Å²) < 4.78 is 5.62. The topological polar surface area (TPSA) is 107 Å². The van der Waals surface area contributed by atoms with Crippen molar-refractivity contribution in [1.29, 1.82) is 0 Å². The average molecular weight is 397 g/mol. The van der Waals surface area contributed by atoms with Crippen LogP contribution in [0, 0.1) is 0 Å². The molecule has 1 atom stereocenters. The number of carbonyl (C=O) groups excluding carboxylic acids is 1. The van der Waals surface area contributed by atoms with Gasteiger partial charge in [-0.15, -0.1) is 5.10 Å². The highest BCUT2D eigenvalue weighted by Gasteiger charge is 2.17. The van der Waals surface area contributed by atoms with Gasteiger partial charge in [0.1, 0.15) is 12.2 Å². The predicted octanol–water partition coefficient (Wildman–Crippen LogP) is 2.64. The fraction of sp³-hybridized carbons (Fsp3) is 0.526. The Balaban J connectivity index is 1.31. The summed E-state index contributed by atoms with van der Waals surface area (Å²) >= 11 is 0. The first-order valence-electron chi connectivity index (χ1n) is 10.1. The fourth-order valence-corrected chi connectivity index (χ4v) is 3.80. The van der Waals surface area contributed by atoms with E-state index in [9.17, 15) is 4.79 Å². The van der Waals surface area contributed by atoms with E-state index < -0.39 is 0 Å². The molecule has 0 aliphatic heterocycles. The summed E-state index contributed by atoms with van der Waals surface area (Å²) in [7, 11) is 1.89. The van der Waals surface area contributed by atoms with Gasteiger partial charge in [-0.3, -0.25) is 10.00 Å². The first-order valence-corrected chi connectivity index (χ1v) is 10.1. The Bertz CT molecular complexity index is 950. The Morgan fingerprint density at radius 3 is 2.79 bits per heavy atom. The number of aryl methyl sites for hydroxylation is 1. The van der Waals surface area contributed by atoms with Crippen molar-refractivity contribution >= 4 is 12.0 Å². The van der Waals surface area contributed by atoms with E-state index in [1.807, 2.05) is 37.0 Å². The molecule has 3 heterocycles. The van der Waals surface area contributed by atoms with Gasteiger partial charge in [0, 0.05) is 25.6 Å². The Kier molecular flexibility index (Phi) is 5.59. The van der Waals surface area contributed by atoms with Crippen LogP contribution in [0.3, 0.4) is 0 Å². The highest BCUT2D eigenvalue weighted by Crippen LogP contribution is 2.27. The number of urea groups is 1. The molecule has 154 valence electrons. The number of aromatic nitrogens is 7. The number of hydrogen-bond acceptors (Lipinski definition) is 5. The number of nitrogens with one attached hydrogen (secondary N) is 2. The molecule has 4 rings (SSSR count). The summed E-state index contributed by atoms with van der Waals surface area (Å²) in [5.41, 5.74) is 0.930. The van der Waals surface area contributed by atoms with Crippen molar-refractivity contribution in [1.82, 2.24) is 39.4 Å². The molecule has 1 aliphatic carbocycles. The lowest BCUT2D eigenvalue weighted by Crippen LogP contribution is -2.32. The van der Waals surface area contributed by atoms with Gasteiger partial charge < -0.3 is 9.88 Å². The zero-order valence-electron chi connectivity index (χ0n) is 16.8. The van der Waals surface area contributed by atoms with E-state index in [4.69, 9.17) is 5.10 Å². The molecule has 10 heteroatoms. The maximum absolute atomic E-state index is 12.2. The van der Waals surface area contributed by atoms with Crippen LogP contribution in [0.25, 0.3) is 0 Å². The molecule has 1 aliphatic rings. The maximum atomic E-state index is 12.2. The number of anilines is 1. The molecule has 2 amide bonds. The number of hydrogen-bond donors (Lipinski definition) is 2. The minimum atomic E-state index is -0.375. The third-order valence-electron chi connectivity index (χ3n) is 5.29. The van der Waals surface area contributed by atoms with Crippen molar-refractivity contribution in [2.45, 2.75) is 57.7 Å². The van der Waals surface area contributed by atoms with Gasteiger partial charge in [-0.2, -0.15) is 5.10 Å². The summed E-state index contributed by atoms with van der Waals surface area (Å²) in [6, 6.07) is 1.92. The van der Waals surface area contributed by atoms with Crippen LogP contribution in [0.15, 0.2) is 31.0 Å². The number of rotatable bonds is 6. The van der Waals surface area contributed by atoms with Crippen LogP contribution in [0.2, 0.25) is 0 Å². The van der Waals surface area contributed by atoms with Gasteiger partial charge in [-0.05, 0) is 25.8 Å². The van der Waals surface area contributed by atoms with Crippen LogP contribution >= 0.6 is 0 Å². The van der Waals surface area contributed by atoms with Gasteiger partial charge in [0.15, 0.2) is 0 Å². The van der Waals surface area contributed by atoms with Crippen molar-refractivity contribution in [2.24, 2.45) is 7.05 Å². The molecule has 1 fully saturated rings. The van der Waals surface area contributed by atoms with E-state index in [1.165, 1.54) is 32.1 Å². The van der Waals surface area contributed by atoms with E-state index in [0.29, 0.717) is 12.6 Å². The normalized spacial score (nSPS) is 15.9. The van der Waals surface area contributed by atoms with Gasteiger partial charge >= 0.3 is 6.03 Å². The third kappa shape index (κ3) is 4.64. The summed E-state index contributed by atoms with van der Waals surface area (Å²) in [4.78, 5) is 20.6. The minimum Gasteiger partial charge on any atom is -0.336 e. The molecular formula is C19H27N9O. The second-order valence-electron chi connectivity index (χ2n) is 7.56. The van der Waals surface area contributed by atoms with Crippen LogP contribution in [0.5, 0.6) is 0 Å². The van der Waals surface area contributed by atoms with E-state index in [2.05, 4.69) is 30.4 Å². The molecule has 0 radical (unpaired) electrons. The van der Waals surface area contributed by atoms with Crippen LogP contribution < -0.4 is 10.6 Å². The highest BCUT2D eigenvalue weighted by molar-refractivity contribution is 5.87. The molecule has 2 N–H and O–H groups in total. The predicted molar refractivity (Wildman–Crippen MR) is 107 cm³/mol. The quantitative estimate of drug-likeness (QED) is 0.665. The first-order chi connectivity index (χ1) is 14.1.